The van der Waals surface area contributed by atoms with Crippen LogP contribution in [0.1, 0.15) is 12.5 Å². The summed E-state index contributed by atoms with van der Waals surface area (Å²) in [5.74, 6) is 1.24. The number of rotatable bonds is 5. The minimum Gasteiger partial charge on any atom is -0.378 e. The Hall–Kier alpha value is -3.26. The molecule has 1 aliphatic rings. The van der Waals surface area contributed by atoms with Crippen molar-refractivity contribution in [2.24, 2.45) is 0 Å². The molecule has 7 nitrogen and oxygen atoms in total. The fraction of sp³-hybridized carbons (Fsp3) is 0.318. The Morgan fingerprint density at radius 3 is 2.70 bits per heavy atom. The van der Waals surface area contributed by atoms with E-state index < -0.39 is 0 Å². The monoisotopic (exact) mass is 406 g/mol. The van der Waals surface area contributed by atoms with E-state index in [9.17, 15) is 4.39 Å². The van der Waals surface area contributed by atoms with Crippen LogP contribution in [0.15, 0.2) is 42.7 Å². The Bertz CT molecular complexity index is 1200. The van der Waals surface area contributed by atoms with Crippen LogP contribution >= 0.6 is 0 Å². The van der Waals surface area contributed by atoms with Gasteiger partial charge in [-0.15, -0.1) is 0 Å². The van der Waals surface area contributed by atoms with Gasteiger partial charge >= 0.3 is 0 Å². The molecule has 5 rings (SSSR count). The minimum absolute atomic E-state index is 0.223. The zero-order valence-electron chi connectivity index (χ0n) is 16.8. The van der Waals surface area contributed by atoms with Gasteiger partial charge in [-0.05, 0) is 41.5 Å². The van der Waals surface area contributed by atoms with Crippen molar-refractivity contribution in [3.63, 3.8) is 0 Å². The number of aromatic nitrogens is 4. The lowest BCUT2D eigenvalue weighted by molar-refractivity contribution is 0.122. The molecule has 4 aromatic rings. The van der Waals surface area contributed by atoms with Gasteiger partial charge in [0.05, 0.1) is 19.5 Å². The fourth-order valence-corrected chi connectivity index (χ4v) is 3.84. The van der Waals surface area contributed by atoms with E-state index in [2.05, 4.69) is 25.8 Å². The number of nitrogens with one attached hydrogen (secondary N) is 1. The standard InChI is InChI=1S/C22H23FN6O/c1-2-24-20-19-21(27-22(26-20)28-7-9-30-10-8-28)25-14-29(19)13-15-3-4-17-12-18(23)6-5-16(17)11-15/h3-6,11-12,14H,2,7-10,13H2,1H3,(H,24,26,27). The second-order valence-electron chi connectivity index (χ2n) is 7.37. The van der Waals surface area contributed by atoms with Crippen LogP contribution in [0, 0.1) is 5.82 Å². The topological polar surface area (TPSA) is 68.1 Å². The maximum absolute atomic E-state index is 13.5. The van der Waals surface area contributed by atoms with Crippen LogP contribution in [0.4, 0.5) is 16.2 Å². The lowest BCUT2D eigenvalue weighted by Crippen LogP contribution is -2.37. The third-order valence-electron chi connectivity index (χ3n) is 5.32. The van der Waals surface area contributed by atoms with E-state index in [4.69, 9.17) is 14.7 Å². The molecule has 30 heavy (non-hydrogen) atoms. The summed E-state index contributed by atoms with van der Waals surface area (Å²) in [5.41, 5.74) is 2.66. The van der Waals surface area contributed by atoms with Crippen molar-refractivity contribution in [2.45, 2.75) is 13.5 Å². The van der Waals surface area contributed by atoms with Crippen LogP contribution < -0.4 is 10.2 Å². The van der Waals surface area contributed by atoms with Crippen molar-refractivity contribution in [3.8, 4) is 0 Å². The largest absolute Gasteiger partial charge is 0.378 e. The average molecular weight is 406 g/mol. The number of imidazole rings is 1. The lowest BCUT2D eigenvalue weighted by Gasteiger charge is -2.27. The highest BCUT2D eigenvalue weighted by atomic mass is 19.1. The van der Waals surface area contributed by atoms with Crippen molar-refractivity contribution in [2.75, 3.05) is 43.1 Å². The maximum atomic E-state index is 13.5. The molecule has 1 fully saturated rings. The molecule has 154 valence electrons. The Labute approximate surface area is 173 Å². The van der Waals surface area contributed by atoms with Gasteiger partial charge in [0, 0.05) is 26.2 Å². The van der Waals surface area contributed by atoms with Crippen LogP contribution in [0.25, 0.3) is 21.9 Å². The second kappa shape index (κ2) is 7.87. The van der Waals surface area contributed by atoms with Crippen LogP contribution in [0.5, 0.6) is 0 Å². The Kier molecular flexibility index (Phi) is 4.92. The molecular formula is C22H23FN6O. The van der Waals surface area contributed by atoms with E-state index in [-0.39, 0.29) is 5.82 Å². The van der Waals surface area contributed by atoms with Crippen LogP contribution in [-0.4, -0.2) is 52.4 Å². The Morgan fingerprint density at radius 2 is 1.87 bits per heavy atom. The summed E-state index contributed by atoms with van der Waals surface area (Å²) in [4.78, 5) is 16.2. The van der Waals surface area contributed by atoms with E-state index in [0.29, 0.717) is 31.4 Å². The SMILES string of the molecule is CCNc1nc(N2CCOCC2)nc2ncn(Cc3ccc4cc(F)ccc4c3)c12. The first-order chi connectivity index (χ1) is 14.7. The molecule has 3 heterocycles. The second-order valence-corrected chi connectivity index (χ2v) is 7.37. The van der Waals surface area contributed by atoms with Gasteiger partial charge in [-0.3, -0.25) is 0 Å². The molecule has 2 aromatic heterocycles. The summed E-state index contributed by atoms with van der Waals surface area (Å²) in [6.45, 7) is 6.33. The normalized spacial score (nSPS) is 14.5. The van der Waals surface area contributed by atoms with E-state index in [1.165, 1.54) is 6.07 Å². The zero-order chi connectivity index (χ0) is 20.5. The van der Waals surface area contributed by atoms with Crippen molar-refractivity contribution in [1.82, 2.24) is 19.5 Å². The number of hydrogen-bond donors (Lipinski definition) is 1. The molecule has 1 N–H and O–H groups in total. The summed E-state index contributed by atoms with van der Waals surface area (Å²) in [5, 5.41) is 5.27. The van der Waals surface area contributed by atoms with Gasteiger partial charge in [-0.25, -0.2) is 9.37 Å². The van der Waals surface area contributed by atoms with E-state index in [1.807, 2.05) is 25.1 Å². The number of fused-ring (bicyclic) bond motifs is 2. The highest BCUT2D eigenvalue weighted by Crippen LogP contribution is 2.25. The minimum atomic E-state index is -0.223. The maximum Gasteiger partial charge on any atom is 0.229 e. The number of nitrogens with zero attached hydrogens (tertiary/aromatic N) is 5. The molecule has 0 aliphatic carbocycles. The molecule has 1 saturated heterocycles. The average Bonchev–Trinajstić information content (AvgIpc) is 3.17. The summed E-state index contributed by atoms with van der Waals surface area (Å²) >= 11 is 0. The summed E-state index contributed by atoms with van der Waals surface area (Å²) in [7, 11) is 0. The van der Waals surface area contributed by atoms with Crippen LogP contribution in [0.3, 0.4) is 0 Å². The number of halogens is 1. The first kappa shape index (κ1) is 18.7. The quantitative estimate of drug-likeness (QED) is 0.548. The van der Waals surface area contributed by atoms with Gasteiger partial charge in [-0.1, -0.05) is 18.2 Å². The van der Waals surface area contributed by atoms with Crippen molar-refractivity contribution < 1.29 is 9.13 Å². The molecule has 0 unspecified atom stereocenters. The third-order valence-corrected chi connectivity index (χ3v) is 5.32. The number of morpholine rings is 1. The molecule has 0 spiro atoms. The molecule has 8 heteroatoms. The van der Waals surface area contributed by atoms with E-state index in [0.717, 1.165) is 47.3 Å². The van der Waals surface area contributed by atoms with E-state index >= 15 is 0 Å². The first-order valence-corrected chi connectivity index (χ1v) is 10.2. The fourth-order valence-electron chi connectivity index (χ4n) is 3.84. The predicted octanol–water partition coefficient (Wildman–Crippen LogP) is 3.44. The van der Waals surface area contributed by atoms with Crippen molar-refractivity contribution >= 4 is 33.7 Å². The Balaban J connectivity index is 1.52. The van der Waals surface area contributed by atoms with Gasteiger partial charge in [0.1, 0.15) is 11.3 Å². The summed E-state index contributed by atoms with van der Waals surface area (Å²) in [6, 6.07) is 10.9. The first-order valence-electron chi connectivity index (χ1n) is 10.2. The zero-order valence-corrected chi connectivity index (χ0v) is 16.8. The molecule has 1 aliphatic heterocycles. The highest BCUT2D eigenvalue weighted by molar-refractivity contribution is 5.85. The van der Waals surface area contributed by atoms with Crippen LogP contribution in [-0.2, 0) is 11.3 Å². The lowest BCUT2D eigenvalue weighted by atomic mass is 10.1. The van der Waals surface area contributed by atoms with Crippen molar-refractivity contribution in [3.05, 3.63) is 54.1 Å². The molecule has 0 saturated carbocycles. The Morgan fingerprint density at radius 1 is 1.07 bits per heavy atom. The summed E-state index contributed by atoms with van der Waals surface area (Å²) < 4.78 is 21.0. The highest BCUT2D eigenvalue weighted by Gasteiger charge is 2.19. The van der Waals surface area contributed by atoms with Crippen LogP contribution in [0.2, 0.25) is 0 Å². The third kappa shape index (κ3) is 3.54. The molecule has 0 atom stereocenters. The number of anilines is 2. The number of benzene rings is 2. The molecule has 0 radical (unpaired) electrons. The molecule has 0 amide bonds. The number of ether oxygens (including phenoxy) is 1. The van der Waals surface area contributed by atoms with E-state index in [1.54, 1.807) is 12.4 Å². The smallest absolute Gasteiger partial charge is 0.229 e. The van der Waals surface area contributed by atoms with Gasteiger partial charge in [-0.2, -0.15) is 9.97 Å². The van der Waals surface area contributed by atoms with Gasteiger partial charge in [0.15, 0.2) is 11.5 Å². The van der Waals surface area contributed by atoms with Crippen molar-refractivity contribution in [1.29, 1.82) is 0 Å². The predicted molar refractivity (Wildman–Crippen MR) is 116 cm³/mol. The summed E-state index contributed by atoms with van der Waals surface area (Å²) in [6.07, 6.45) is 1.80. The molecular weight excluding hydrogens is 383 g/mol. The van der Waals surface area contributed by atoms with Gasteiger partial charge < -0.3 is 19.5 Å². The number of hydrogen-bond acceptors (Lipinski definition) is 6. The molecule has 2 aromatic carbocycles. The van der Waals surface area contributed by atoms with Gasteiger partial charge in [0.2, 0.25) is 5.95 Å². The molecule has 0 bridgehead atoms. The van der Waals surface area contributed by atoms with Gasteiger partial charge in [0.25, 0.3) is 0 Å².